The van der Waals surface area contributed by atoms with Gasteiger partial charge >= 0.3 is 0 Å². The summed E-state index contributed by atoms with van der Waals surface area (Å²) in [4.78, 5) is 13.1. The van der Waals surface area contributed by atoms with Gasteiger partial charge in [0.15, 0.2) is 6.10 Å². The van der Waals surface area contributed by atoms with Crippen LogP contribution in [0, 0.1) is 6.92 Å². The van der Waals surface area contributed by atoms with E-state index in [9.17, 15) is 13.2 Å². The molecule has 31 heavy (non-hydrogen) atoms. The molecule has 1 N–H and O–H groups in total. The van der Waals surface area contributed by atoms with Gasteiger partial charge in [0.25, 0.3) is 5.91 Å². The van der Waals surface area contributed by atoms with Gasteiger partial charge in [-0.1, -0.05) is 63.6 Å². The van der Waals surface area contributed by atoms with Gasteiger partial charge < -0.3 is 10.1 Å². The zero-order valence-electron chi connectivity index (χ0n) is 19.1. The van der Waals surface area contributed by atoms with Crippen LogP contribution in [0.1, 0.15) is 56.8 Å². The number of amides is 1. The lowest BCUT2D eigenvalue weighted by molar-refractivity contribution is -0.128. The van der Waals surface area contributed by atoms with Gasteiger partial charge in [0.2, 0.25) is 10.0 Å². The second-order valence-electron chi connectivity index (χ2n) is 9.21. The Labute approximate surface area is 185 Å². The predicted molar refractivity (Wildman–Crippen MR) is 124 cm³/mol. The molecule has 0 bridgehead atoms. The van der Waals surface area contributed by atoms with Crippen molar-refractivity contribution in [3.05, 3.63) is 59.2 Å². The molecule has 1 heterocycles. The van der Waals surface area contributed by atoms with Crippen LogP contribution in [0.3, 0.4) is 0 Å². The van der Waals surface area contributed by atoms with Crippen molar-refractivity contribution in [2.24, 2.45) is 0 Å². The van der Waals surface area contributed by atoms with Gasteiger partial charge in [-0.3, -0.25) is 9.10 Å². The van der Waals surface area contributed by atoms with Crippen LogP contribution in [0.25, 0.3) is 0 Å². The number of ether oxygens (including phenoxy) is 1. The Bertz CT molecular complexity index is 1060. The van der Waals surface area contributed by atoms with E-state index < -0.39 is 16.1 Å². The van der Waals surface area contributed by atoms with E-state index in [1.165, 1.54) is 4.31 Å². The Morgan fingerprint density at radius 3 is 2.39 bits per heavy atom. The van der Waals surface area contributed by atoms with Gasteiger partial charge in [-0.15, -0.1) is 0 Å². The second-order valence-corrected chi connectivity index (χ2v) is 11.1. The minimum Gasteiger partial charge on any atom is -0.476 e. The Hall–Kier alpha value is -2.54. The quantitative estimate of drug-likeness (QED) is 0.754. The third kappa shape index (κ3) is 5.21. The van der Waals surface area contributed by atoms with Gasteiger partial charge in [-0.2, -0.15) is 0 Å². The van der Waals surface area contributed by atoms with E-state index >= 15 is 0 Å². The summed E-state index contributed by atoms with van der Waals surface area (Å²) in [6, 6.07) is 13.4. The predicted octanol–water partition coefficient (Wildman–Crippen LogP) is 4.09. The summed E-state index contributed by atoms with van der Waals surface area (Å²) in [5, 5.41) is 3.03. The highest BCUT2D eigenvalue weighted by Gasteiger charge is 2.36. The number of carbonyl (C=O) groups is 1. The molecule has 1 amide bonds. The van der Waals surface area contributed by atoms with Gasteiger partial charge in [0.05, 0.1) is 24.5 Å². The molecule has 0 spiro atoms. The molecule has 1 aliphatic rings. The van der Waals surface area contributed by atoms with E-state index in [0.717, 1.165) is 22.9 Å². The summed E-state index contributed by atoms with van der Waals surface area (Å²) in [5.74, 6) is 0.0693. The lowest BCUT2D eigenvalue weighted by atomic mass is 9.86. The maximum absolute atomic E-state index is 13.1. The first-order chi connectivity index (χ1) is 14.4. The number of sulfonamides is 1. The summed E-state index contributed by atoms with van der Waals surface area (Å²) in [6.45, 7) is 10.1. The van der Waals surface area contributed by atoms with E-state index in [-0.39, 0.29) is 23.9 Å². The molecule has 168 valence electrons. The number of aryl methyl sites for hydroxylation is 1. The van der Waals surface area contributed by atoms with Crippen LogP contribution in [0.5, 0.6) is 5.75 Å². The van der Waals surface area contributed by atoms with Crippen molar-refractivity contribution in [2.75, 3.05) is 17.1 Å². The lowest BCUT2D eigenvalue weighted by Gasteiger charge is -2.35. The van der Waals surface area contributed by atoms with Crippen LogP contribution in [0.4, 0.5) is 5.69 Å². The maximum atomic E-state index is 13.1. The van der Waals surface area contributed by atoms with E-state index in [1.54, 1.807) is 6.07 Å². The van der Waals surface area contributed by atoms with Crippen LogP contribution in [0.15, 0.2) is 42.5 Å². The average Bonchev–Trinajstić information content (AvgIpc) is 2.70. The number of benzene rings is 2. The molecular formula is C24H32N2O4S. The van der Waals surface area contributed by atoms with Crippen LogP contribution >= 0.6 is 0 Å². The molecule has 0 fully saturated rings. The largest absolute Gasteiger partial charge is 0.476 e. The molecule has 0 saturated carbocycles. The fourth-order valence-electron chi connectivity index (χ4n) is 3.65. The van der Waals surface area contributed by atoms with Crippen molar-refractivity contribution in [1.82, 2.24) is 5.32 Å². The van der Waals surface area contributed by atoms with E-state index in [0.29, 0.717) is 17.9 Å². The molecule has 2 aromatic rings. The maximum Gasteiger partial charge on any atom is 0.263 e. The van der Waals surface area contributed by atoms with Crippen molar-refractivity contribution >= 4 is 21.6 Å². The van der Waals surface area contributed by atoms with E-state index in [1.807, 2.05) is 50.2 Å². The van der Waals surface area contributed by atoms with Crippen molar-refractivity contribution in [1.29, 1.82) is 0 Å². The number of nitrogens with zero attached hydrogens (tertiary/aromatic N) is 1. The topological polar surface area (TPSA) is 75.7 Å². The number of nitrogens with one attached hydrogen (secondary N) is 1. The van der Waals surface area contributed by atoms with Crippen LogP contribution in [0.2, 0.25) is 0 Å². The van der Waals surface area contributed by atoms with Gasteiger partial charge in [-0.05, 0) is 42.0 Å². The molecule has 7 heteroatoms. The first kappa shape index (κ1) is 23.1. The number of fused-ring (bicyclic) bond motifs is 1. The molecular weight excluding hydrogens is 412 g/mol. The molecule has 3 rings (SSSR count). The fraction of sp³-hybridized carbons (Fsp3) is 0.458. The third-order valence-corrected chi connectivity index (χ3v) is 6.74. The summed E-state index contributed by atoms with van der Waals surface area (Å²) in [5.41, 5.74) is 3.49. The van der Waals surface area contributed by atoms with Gasteiger partial charge in [0.1, 0.15) is 5.75 Å². The Kier molecular flexibility index (Phi) is 6.37. The number of rotatable bonds is 5. The standard InChI is InChI=1S/C24H32N2O4S/c1-7-19(17-10-8-16(2)9-11-17)25-23(27)22-15-26(31(6,28)29)20-14-18(24(3,4)5)12-13-21(20)30-22/h8-14,19,22H,7,15H2,1-6H3,(H,25,27)/t19-,22-/m1/s1. The minimum absolute atomic E-state index is 0.0599. The van der Waals surface area contributed by atoms with Crippen molar-refractivity contribution < 1.29 is 17.9 Å². The Morgan fingerprint density at radius 1 is 1.19 bits per heavy atom. The molecule has 2 atom stereocenters. The molecule has 0 aliphatic carbocycles. The second kappa shape index (κ2) is 8.54. The fourth-order valence-corrected chi connectivity index (χ4v) is 4.56. The molecule has 0 aromatic heterocycles. The number of carbonyl (C=O) groups excluding carboxylic acids is 1. The molecule has 2 aromatic carbocycles. The van der Waals surface area contributed by atoms with Gasteiger partial charge in [-0.25, -0.2) is 8.42 Å². The van der Waals surface area contributed by atoms with E-state index in [4.69, 9.17) is 4.74 Å². The van der Waals surface area contributed by atoms with Crippen molar-refractivity contribution in [3.8, 4) is 5.75 Å². The van der Waals surface area contributed by atoms with E-state index in [2.05, 4.69) is 26.1 Å². The molecule has 0 saturated heterocycles. The number of hydrogen-bond donors (Lipinski definition) is 1. The highest BCUT2D eigenvalue weighted by atomic mass is 32.2. The van der Waals surface area contributed by atoms with Crippen LogP contribution in [-0.2, 0) is 20.2 Å². The van der Waals surface area contributed by atoms with Crippen molar-refractivity contribution in [3.63, 3.8) is 0 Å². The Balaban J connectivity index is 1.88. The SMILES string of the molecule is CC[C@@H](NC(=O)[C@H]1CN(S(C)(=O)=O)c2cc(C(C)(C)C)ccc2O1)c1ccc(C)cc1. The zero-order chi connectivity index (χ0) is 23.0. The first-order valence-corrected chi connectivity index (χ1v) is 12.4. The average molecular weight is 445 g/mol. The smallest absolute Gasteiger partial charge is 0.263 e. The van der Waals surface area contributed by atoms with Crippen LogP contribution in [-0.4, -0.2) is 33.2 Å². The molecule has 0 unspecified atom stereocenters. The molecule has 0 radical (unpaired) electrons. The normalized spacial score (nSPS) is 17.5. The Morgan fingerprint density at radius 2 is 1.84 bits per heavy atom. The summed E-state index contributed by atoms with van der Waals surface area (Å²) in [6.07, 6.45) is 0.937. The van der Waals surface area contributed by atoms with Crippen molar-refractivity contribution in [2.45, 2.75) is 58.6 Å². The number of hydrogen-bond acceptors (Lipinski definition) is 4. The number of anilines is 1. The zero-order valence-corrected chi connectivity index (χ0v) is 19.9. The summed E-state index contributed by atoms with van der Waals surface area (Å²) < 4.78 is 32.3. The highest BCUT2D eigenvalue weighted by Crippen LogP contribution is 2.38. The summed E-state index contributed by atoms with van der Waals surface area (Å²) >= 11 is 0. The summed E-state index contributed by atoms with van der Waals surface area (Å²) in [7, 11) is -3.59. The third-order valence-electron chi connectivity index (χ3n) is 5.59. The molecule has 1 aliphatic heterocycles. The molecule has 6 nitrogen and oxygen atoms in total. The first-order valence-electron chi connectivity index (χ1n) is 10.6. The van der Waals surface area contributed by atoms with Crippen LogP contribution < -0.4 is 14.4 Å². The lowest BCUT2D eigenvalue weighted by Crippen LogP contribution is -2.51. The highest BCUT2D eigenvalue weighted by molar-refractivity contribution is 7.92. The van der Waals surface area contributed by atoms with Gasteiger partial charge in [0, 0.05) is 0 Å². The minimum atomic E-state index is -3.59. The monoisotopic (exact) mass is 444 g/mol.